The molecule has 0 saturated heterocycles. The summed E-state index contributed by atoms with van der Waals surface area (Å²) in [5, 5.41) is 23.6. The van der Waals surface area contributed by atoms with Gasteiger partial charge in [0.15, 0.2) is 23.3 Å². The Morgan fingerprint density at radius 1 is 0.612 bits per heavy atom. The Balaban J connectivity index is 0.000000266. The van der Waals surface area contributed by atoms with Crippen molar-refractivity contribution in [3.63, 3.8) is 0 Å². The first-order chi connectivity index (χ1) is 23.3. The molecule has 0 aromatic heterocycles. The molecule has 4 aromatic rings. The van der Waals surface area contributed by atoms with Gasteiger partial charge in [-0.15, -0.1) is 0 Å². The number of aliphatic hydroxyl groups excluding tert-OH is 2. The summed E-state index contributed by atoms with van der Waals surface area (Å²) in [7, 11) is 0. The van der Waals surface area contributed by atoms with Crippen LogP contribution in [0.5, 0.6) is 0 Å². The molecule has 18 heteroatoms. The highest BCUT2D eigenvalue weighted by Gasteiger charge is 2.19. The Hall–Kier alpha value is -2.98. The van der Waals surface area contributed by atoms with Crippen LogP contribution in [0.1, 0.15) is 27.1 Å². The first-order valence-corrected chi connectivity index (χ1v) is 16.7. The molecule has 49 heavy (non-hydrogen) atoms. The lowest BCUT2D eigenvalue weighted by Crippen LogP contribution is -2.26. The van der Waals surface area contributed by atoms with Gasteiger partial charge < -0.3 is 20.8 Å². The Labute approximate surface area is 314 Å². The fourth-order valence-corrected chi connectivity index (χ4v) is 5.48. The van der Waals surface area contributed by atoms with Gasteiger partial charge in [0.1, 0.15) is 0 Å². The smallest absolute Gasteiger partial charge is 0.277 e. The van der Waals surface area contributed by atoms with Crippen LogP contribution < -0.4 is 21.6 Å². The molecule has 0 heterocycles. The molecule has 0 radical (unpaired) electrons. The second-order valence-electron chi connectivity index (χ2n) is 9.48. The highest BCUT2D eigenvalue weighted by atomic mass is 127. The Kier molecular flexibility index (Phi) is 16.5. The lowest BCUT2D eigenvalue weighted by molar-refractivity contribution is 0.0168. The highest BCUT2D eigenvalue weighted by Crippen LogP contribution is 2.31. The molecule has 2 amide bonds. The van der Waals surface area contributed by atoms with Crippen LogP contribution in [-0.4, -0.2) is 48.5 Å². The van der Waals surface area contributed by atoms with E-state index in [9.17, 15) is 27.2 Å². The van der Waals surface area contributed by atoms with Crippen molar-refractivity contribution in [1.82, 2.24) is 11.0 Å². The molecule has 0 bridgehead atoms. The molecule has 4 aromatic carbocycles. The largest absolute Gasteiger partial charge is 0.396 e. The molecule has 6 N–H and O–H groups in total. The van der Waals surface area contributed by atoms with Crippen molar-refractivity contribution >= 4 is 103 Å². The summed E-state index contributed by atoms with van der Waals surface area (Å²) in [6.07, 6.45) is 0.321. The predicted octanol–water partition coefficient (Wildman–Crippen LogP) is 7.63. The number of aliphatic hydroxyl groups is 2. The zero-order valence-corrected chi connectivity index (χ0v) is 30.7. The first-order valence-electron chi connectivity index (χ1n) is 13.8. The number of hydrogen-bond acceptors (Lipinski definition) is 8. The van der Waals surface area contributed by atoms with Gasteiger partial charge in [-0.3, -0.25) is 19.3 Å². The number of hydroxylamine groups is 2. The van der Waals surface area contributed by atoms with Gasteiger partial charge in [-0.2, -0.15) is 0 Å². The van der Waals surface area contributed by atoms with E-state index in [1.165, 1.54) is 0 Å². The average molecular weight is 951 g/mol. The van der Waals surface area contributed by atoms with Gasteiger partial charge in [0.25, 0.3) is 11.8 Å². The topological polar surface area (TPSA) is 141 Å². The zero-order valence-electron chi connectivity index (χ0n) is 24.9. The number of carbonyl (C=O) groups is 2. The minimum atomic E-state index is -1.18. The van der Waals surface area contributed by atoms with E-state index in [-0.39, 0.29) is 48.9 Å². The number of anilines is 4. The lowest BCUT2D eigenvalue weighted by atomic mass is 10.1. The zero-order chi connectivity index (χ0) is 36.1. The van der Waals surface area contributed by atoms with Crippen LogP contribution >= 0.6 is 68.4 Å². The monoisotopic (exact) mass is 950 g/mol. The number of rotatable bonds is 13. The van der Waals surface area contributed by atoms with Gasteiger partial charge in [0.05, 0.1) is 63.7 Å². The van der Waals surface area contributed by atoms with Crippen molar-refractivity contribution in [2.24, 2.45) is 0 Å². The summed E-state index contributed by atoms with van der Waals surface area (Å²) in [4.78, 5) is 33.8. The average Bonchev–Trinajstić information content (AvgIpc) is 3.05. The molecule has 0 aliphatic heterocycles. The van der Waals surface area contributed by atoms with E-state index >= 15 is 0 Å². The number of carbonyl (C=O) groups excluding carboxylic acids is 2. The van der Waals surface area contributed by atoms with Crippen molar-refractivity contribution in [2.75, 3.05) is 37.1 Å². The molecule has 10 nitrogen and oxygen atoms in total. The number of hydrogen-bond donors (Lipinski definition) is 6. The molecule has 0 fully saturated rings. The summed E-state index contributed by atoms with van der Waals surface area (Å²) >= 11 is 16.4. The minimum absolute atomic E-state index is 0.0158. The first kappa shape index (κ1) is 40.4. The quantitative estimate of drug-likeness (QED) is 0.0348. The summed E-state index contributed by atoms with van der Waals surface area (Å²) in [6, 6.07) is 13.4. The van der Waals surface area contributed by atoms with E-state index in [0.29, 0.717) is 27.8 Å². The maximum atomic E-state index is 13.6. The van der Waals surface area contributed by atoms with Crippen molar-refractivity contribution in [2.45, 2.75) is 6.42 Å². The van der Waals surface area contributed by atoms with Crippen LogP contribution in [0.4, 0.5) is 40.3 Å². The molecule has 0 atom stereocenters. The standard InChI is InChI=1S/C16H14ClF2IN2O3.C15H12ClF2IN2O3/c17-11-6-9(20)2-3-14(11)21-15-8-13(19)12(18)7-10(15)16(24)22-25-5-1-4-23;16-10-5-8(19)1-2-13(10)20-14-7-12(18)11(17)6-9(14)15(23)21-24-4-3-22/h2-3,6-8,21,23H,1,4-5H2,(H,22,24);1-2,5-7,20,22H,3-4H2,(H,21,23). The highest BCUT2D eigenvalue weighted by molar-refractivity contribution is 14.1. The van der Waals surface area contributed by atoms with E-state index < -0.39 is 35.1 Å². The maximum Gasteiger partial charge on any atom is 0.277 e. The van der Waals surface area contributed by atoms with Crippen LogP contribution in [0.3, 0.4) is 0 Å². The minimum Gasteiger partial charge on any atom is -0.396 e. The van der Waals surface area contributed by atoms with Gasteiger partial charge in [-0.1, -0.05) is 23.2 Å². The molecule has 0 unspecified atom stereocenters. The van der Waals surface area contributed by atoms with E-state index in [1.54, 1.807) is 36.4 Å². The number of amides is 2. The molecular weight excluding hydrogens is 925 g/mol. The Morgan fingerprint density at radius 3 is 1.41 bits per heavy atom. The van der Waals surface area contributed by atoms with Crippen LogP contribution in [-0.2, 0) is 9.68 Å². The maximum absolute atomic E-state index is 13.6. The number of nitrogens with one attached hydrogen (secondary N) is 4. The summed E-state index contributed by atoms with van der Waals surface area (Å²) in [5.74, 6) is -6.14. The van der Waals surface area contributed by atoms with E-state index in [4.69, 9.17) is 43.1 Å². The van der Waals surface area contributed by atoms with Crippen LogP contribution in [0.2, 0.25) is 10.0 Å². The second-order valence-corrected chi connectivity index (χ2v) is 12.8. The molecular formula is C31H26Cl2F4I2N4O6. The predicted molar refractivity (Wildman–Crippen MR) is 193 cm³/mol. The molecule has 0 spiro atoms. The van der Waals surface area contributed by atoms with Gasteiger partial charge in [0, 0.05) is 25.9 Å². The van der Waals surface area contributed by atoms with Crippen molar-refractivity contribution in [1.29, 1.82) is 0 Å². The van der Waals surface area contributed by atoms with Crippen molar-refractivity contribution < 1.29 is 47.0 Å². The molecule has 262 valence electrons. The SMILES string of the molecule is O=C(NOCCCO)c1cc(F)c(F)cc1Nc1ccc(I)cc1Cl.O=C(NOCCO)c1cc(F)c(F)cc1Nc1ccc(I)cc1Cl. The van der Waals surface area contributed by atoms with Crippen LogP contribution in [0, 0.1) is 30.4 Å². The molecule has 0 aliphatic rings. The van der Waals surface area contributed by atoms with Gasteiger partial charge in [-0.05, 0) is 100 Å². The fourth-order valence-electron chi connectivity index (χ4n) is 3.67. The third-order valence-electron chi connectivity index (χ3n) is 5.94. The fraction of sp³-hybridized carbons (Fsp3) is 0.161. The van der Waals surface area contributed by atoms with E-state index in [2.05, 4.69) is 61.3 Å². The third kappa shape index (κ3) is 12.4. The number of benzene rings is 4. The Bertz CT molecular complexity index is 1800. The lowest BCUT2D eigenvalue weighted by Gasteiger charge is -2.14. The molecule has 0 saturated carbocycles. The van der Waals surface area contributed by atoms with Gasteiger partial charge in [-0.25, -0.2) is 28.5 Å². The summed E-state index contributed by atoms with van der Waals surface area (Å²) < 4.78 is 56.0. The summed E-state index contributed by atoms with van der Waals surface area (Å²) in [5.41, 5.74) is 4.72. The van der Waals surface area contributed by atoms with E-state index in [0.717, 1.165) is 31.4 Å². The molecule has 0 aliphatic carbocycles. The van der Waals surface area contributed by atoms with Gasteiger partial charge >= 0.3 is 0 Å². The third-order valence-corrected chi connectivity index (χ3v) is 7.91. The van der Waals surface area contributed by atoms with Gasteiger partial charge in [0.2, 0.25) is 0 Å². The number of halogens is 8. The normalized spacial score (nSPS) is 10.6. The van der Waals surface area contributed by atoms with Crippen LogP contribution in [0.25, 0.3) is 0 Å². The Morgan fingerprint density at radius 2 is 1.02 bits per heavy atom. The van der Waals surface area contributed by atoms with Crippen LogP contribution in [0.15, 0.2) is 60.7 Å². The molecule has 4 rings (SSSR count). The van der Waals surface area contributed by atoms with Crippen molar-refractivity contribution in [3.05, 3.63) is 112 Å². The summed E-state index contributed by atoms with van der Waals surface area (Å²) in [6.45, 7) is -0.459. The van der Waals surface area contributed by atoms with Crippen molar-refractivity contribution in [3.8, 4) is 0 Å². The van der Waals surface area contributed by atoms with E-state index in [1.807, 2.05) is 5.48 Å². The second kappa shape index (κ2) is 20.0.